The highest BCUT2D eigenvalue weighted by Gasteiger charge is 2.43. The topological polar surface area (TPSA) is 176 Å². The molecule has 0 saturated carbocycles. The second-order valence-electron chi connectivity index (χ2n) is 13.1. The summed E-state index contributed by atoms with van der Waals surface area (Å²) in [6, 6.07) is 14.2. The Balaban J connectivity index is 1.67. The summed E-state index contributed by atoms with van der Waals surface area (Å²) in [6.45, 7) is 7.39. The van der Waals surface area contributed by atoms with Crippen molar-refractivity contribution in [1.82, 2.24) is 0 Å². The third kappa shape index (κ3) is 7.08. The Morgan fingerprint density at radius 2 is 1.46 bits per heavy atom. The molecule has 0 spiro atoms. The summed E-state index contributed by atoms with van der Waals surface area (Å²) in [5.74, 6) is -6.03. The fraction of sp³-hybridized carbons (Fsp3) is 0.220. The smallest absolute Gasteiger partial charge is 0.189 e. The van der Waals surface area contributed by atoms with Gasteiger partial charge in [0.2, 0.25) is 0 Å². The lowest BCUT2D eigenvalue weighted by Gasteiger charge is -2.37. The predicted octanol–water partition coefficient (Wildman–Crippen LogP) is 8.06. The number of rotatable bonds is 9. The molecule has 4 aromatic rings. The van der Waals surface area contributed by atoms with Gasteiger partial charge in [-0.05, 0) is 106 Å². The largest absolute Gasteiger partial charge is 0.508 e. The van der Waals surface area contributed by atoms with Crippen LogP contribution in [-0.4, -0.2) is 47.3 Å². The van der Waals surface area contributed by atoms with E-state index in [2.05, 4.69) is 0 Å². The van der Waals surface area contributed by atoms with Crippen LogP contribution in [0.2, 0.25) is 0 Å². The lowest BCUT2D eigenvalue weighted by molar-refractivity contribution is 0.0876. The summed E-state index contributed by atoms with van der Waals surface area (Å²) in [7, 11) is 0. The van der Waals surface area contributed by atoms with Crippen molar-refractivity contribution < 1.29 is 45.3 Å². The fourth-order valence-electron chi connectivity index (χ4n) is 6.65. The first kappa shape index (κ1) is 35.3. The molecule has 0 saturated heterocycles. The van der Waals surface area contributed by atoms with E-state index in [0.29, 0.717) is 12.0 Å². The van der Waals surface area contributed by atoms with E-state index in [0.717, 1.165) is 28.9 Å². The van der Waals surface area contributed by atoms with E-state index in [-0.39, 0.29) is 63.0 Å². The summed E-state index contributed by atoms with van der Waals surface area (Å²) < 4.78 is 0. The number of benzene rings is 4. The van der Waals surface area contributed by atoms with Crippen LogP contribution >= 0.6 is 0 Å². The number of allylic oxidation sites excluding steroid dienone is 5. The first-order chi connectivity index (χ1) is 23.7. The molecule has 7 N–H and O–H groups in total. The second kappa shape index (κ2) is 14.3. The number of aromatic hydroxyl groups is 7. The number of carbonyl (C=O) groups is 2. The normalized spacial score (nSPS) is 17.4. The van der Waals surface area contributed by atoms with Crippen molar-refractivity contribution in [3.63, 3.8) is 0 Å². The molecule has 9 nitrogen and oxygen atoms in total. The van der Waals surface area contributed by atoms with Crippen LogP contribution in [0.4, 0.5) is 0 Å². The molecule has 0 bridgehead atoms. The average Bonchev–Trinajstić information content (AvgIpc) is 3.03. The van der Waals surface area contributed by atoms with E-state index in [9.17, 15) is 45.3 Å². The molecule has 0 heterocycles. The molecule has 0 aromatic heterocycles. The molecule has 4 aromatic carbocycles. The monoisotopic (exact) mass is 676 g/mol. The van der Waals surface area contributed by atoms with Gasteiger partial charge in [0.15, 0.2) is 11.6 Å². The minimum absolute atomic E-state index is 0.0413. The van der Waals surface area contributed by atoms with E-state index < -0.39 is 40.8 Å². The van der Waals surface area contributed by atoms with Crippen LogP contribution in [0, 0.1) is 12.8 Å². The van der Waals surface area contributed by atoms with Gasteiger partial charge in [0.25, 0.3) is 0 Å². The number of carbonyl (C=O) groups excluding carboxylic acids is 2. The Labute approximate surface area is 290 Å². The van der Waals surface area contributed by atoms with Crippen molar-refractivity contribution in [2.45, 2.75) is 52.4 Å². The Bertz CT molecular complexity index is 2080. The molecule has 5 rings (SSSR count). The summed E-state index contributed by atoms with van der Waals surface area (Å²) in [4.78, 5) is 28.2. The average molecular weight is 677 g/mol. The van der Waals surface area contributed by atoms with Crippen LogP contribution < -0.4 is 0 Å². The van der Waals surface area contributed by atoms with Crippen LogP contribution in [0.25, 0.3) is 6.08 Å². The van der Waals surface area contributed by atoms with Crippen molar-refractivity contribution >= 4 is 17.6 Å². The molecular weight excluding hydrogens is 636 g/mol. The quantitative estimate of drug-likeness (QED) is 0.0525. The standard InChI is InChI=1S/C41H40O9/c1-21(2)5-10-27-33(44)15-13-29(39(27)48)41(50)37-30(26-11-6-22(3)19-36(26)47)17-23(4)18-31(37)38-34(45)16-12-28(40(38)49)32(43)14-8-24-7-9-25(42)20-35(24)46/h5-9,11-16,18-20,30-31,37,42,44-49H,10,17H2,1-4H3/b14-8+/t30-,31+,37-/m1/s1. The number of Topliss-reactive ketones (excluding diaryl/α,β-unsaturated/α-hetero) is 1. The fourth-order valence-corrected chi connectivity index (χ4v) is 6.65. The zero-order chi connectivity index (χ0) is 36.4. The summed E-state index contributed by atoms with van der Waals surface area (Å²) in [5.41, 5.74) is 3.04. The van der Waals surface area contributed by atoms with Gasteiger partial charge in [-0.25, -0.2) is 0 Å². The van der Waals surface area contributed by atoms with Gasteiger partial charge in [-0.2, -0.15) is 0 Å². The maximum absolute atomic E-state index is 14.8. The Kier molecular flexibility index (Phi) is 10.1. The van der Waals surface area contributed by atoms with Crippen molar-refractivity contribution in [3.05, 3.63) is 129 Å². The zero-order valence-electron chi connectivity index (χ0n) is 28.2. The molecule has 3 atom stereocenters. The number of phenols is 7. The van der Waals surface area contributed by atoms with Gasteiger partial charge in [0, 0.05) is 40.5 Å². The van der Waals surface area contributed by atoms with E-state index in [1.165, 1.54) is 42.5 Å². The molecule has 1 aliphatic rings. The van der Waals surface area contributed by atoms with Gasteiger partial charge >= 0.3 is 0 Å². The molecule has 0 fully saturated rings. The number of ketones is 2. The van der Waals surface area contributed by atoms with Gasteiger partial charge in [-0.15, -0.1) is 0 Å². The third-order valence-corrected chi connectivity index (χ3v) is 9.17. The maximum atomic E-state index is 14.8. The molecule has 1 aliphatic carbocycles. The van der Waals surface area contributed by atoms with Gasteiger partial charge in [-0.1, -0.05) is 35.4 Å². The van der Waals surface area contributed by atoms with E-state index in [1.54, 1.807) is 24.3 Å². The van der Waals surface area contributed by atoms with Crippen molar-refractivity contribution in [2.75, 3.05) is 0 Å². The molecule has 9 heteroatoms. The Morgan fingerprint density at radius 1 is 0.760 bits per heavy atom. The van der Waals surface area contributed by atoms with Gasteiger partial charge in [-0.3, -0.25) is 9.59 Å². The van der Waals surface area contributed by atoms with E-state index in [4.69, 9.17) is 0 Å². The highest BCUT2D eigenvalue weighted by Crippen LogP contribution is 2.53. The molecule has 258 valence electrons. The minimum Gasteiger partial charge on any atom is -0.508 e. The van der Waals surface area contributed by atoms with Gasteiger partial charge < -0.3 is 35.7 Å². The van der Waals surface area contributed by atoms with Gasteiger partial charge in [0.05, 0.1) is 11.1 Å². The SMILES string of the molecule is CC(C)=CCc1c(O)ccc(C(=O)[C@H]2[C@@H](c3c(O)ccc(C(=O)/C=C/c4ccc(O)cc4O)c3O)C=C(C)C[C@@H]2c2ccc(C)cc2O)c1O. The van der Waals surface area contributed by atoms with Crippen LogP contribution in [0.15, 0.2) is 90.0 Å². The van der Waals surface area contributed by atoms with Crippen molar-refractivity contribution in [3.8, 4) is 40.2 Å². The van der Waals surface area contributed by atoms with Crippen LogP contribution in [-0.2, 0) is 6.42 Å². The van der Waals surface area contributed by atoms with Crippen molar-refractivity contribution in [1.29, 1.82) is 0 Å². The lowest BCUT2D eigenvalue weighted by atomic mass is 9.65. The molecule has 0 amide bonds. The second-order valence-corrected chi connectivity index (χ2v) is 13.1. The van der Waals surface area contributed by atoms with Crippen LogP contribution in [0.5, 0.6) is 40.2 Å². The van der Waals surface area contributed by atoms with E-state index in [1.807, 2.05) is 33.8 Å². The Morgan fingerprint density at radius 3 is 2.14 bits per heavy atom. The highest BCUT2D eigenvalue weighted by atomic mass is 16.3. The Hall–Kier alpha value is -5.96. The third-order valence-electron chi connectivity index (χ3n) is 9.17. The summed E-state index contributed by atoms with van der Waals surface area (Å²) >= 11 is 0. The predicted molar refractivity (Wildman–Crippen MR) is 190 cm³/mol. The van der Waals surface area contributed by atoms with Crippen LogP contribution in [0.1, 0.15) is 87.6 Å². The number of aryl methyl sites for hydroxylation is 1. The molecule has 0 aliphatic heterocycles. The maximum Gasteiger partial charge on any atom is 0.189 e. The highest BCUT2D eigenvalue weighted by molar-refractivity contribution is 6.09. The number of phenolic OH excluding ortho intramolecular Hbond substituents is 7. The van der Waals surface area contributed by atoms with Crippen molar-refractivity contribution in [2.24, 2.45) is 5.92 Å². The minimum atomic E-state index is -1.11. The lowest BCUT2D eigenvalue weighted by Crippen LogP contribution is -2.32. The number of hydrogen-bond acceptors (Lipinski definition) is 9. The number of hydrogen-bond donors (Lipinski definition) is 7. The molecular formula is C41H40O9. The van der Waals surface area contributed by atoms with Crippen LogP contribution in [0.3, 0.4) is 0 Å². The first-order valence-electron chi connectivity index (χ1n) is 16.1. The van der Waals surface area contributed by atoms with Gasteiger partial charge in [0.1, 0.15) is 40.2 Å². The first-order valence-corrected chi connectivity index (χ1v) is 16.1. The summed E-state index contributed by atoms with van der Waals surface area (Å²) in [6.07, 6.45) is 6.48. The molecule has 50 heavy (non-hydrogen) atoms. The van der Waals surface area contributed by atoms with E-state index >= 15 is 0 Å². The molecule has 0 radical (unpaired) electrons. The molecule has 0 unspecified atom stereocenters. The zero-order valence-corrected chi connectivity index (χ0v) is 28.2. The summed E-state index contributed by atoms with van der Waals surface area (Å²) in [5, 5.41) is 75.8.